The van der Waals surface area contributed by atoms with E-state index in [1.807, 2.05) is 0 Å². The molecule has 0 aliphatic heterocycles. The number of rotatable bonds is 8. The van der Waals surface area contributed by atoms with Crippen molar-refractivity contribution >= 4 is 0 Å². The summed E-state index contributed by atoms with van der Waals surface area (Å²) in [5.74, 6) is 0.973. The minimum Gasteiger partial charge on any atom is -0.314 e. The minimum absolute atomic E-state index is 0.763. The Labute approximate surface area is 96.0 Å². The summed E-state index contributed by atoms with van der Waals surface area (Å²) in [4.78, 5) is 0. The smallest absolute Gasteiger partial charge is 0.00669 e. The predicted octanol–water partition coefficient (Wildman–Crippen LogP) is 4.13. The third kappa shape index (κ3) is 5.55. The third-order valence-electron chi connectivity index (χ3n) is 3.85. The zero-order valence-electron chi connectivity index (χ0n) is 10.7. The predicted molar refractivity (Wildman–Crippen MR) is 68.2 cm³/mol. The van der Waals surface area contributed by atoms with Crippen LogP contribution in [-0.4, -0.2) is 12.6 Å². The van der Waals surface area contributed by atoms with E-state index in [-0.39, 0.29) is 0 Å². The summed E-state index contributed by atoms with van der Waals surface area (Å²) in [7, 11) is 0. The van der Waals surface area contributed by atoms with Gasteiger partial charge in [-0.05, 0) is 38.6 Å². The summed E-state index contributed by atoms with van der Waals surface area (Å²) < 4.78 is 0. The molecule has 1 atom stereocenters. The van der Waals surface area contributed by atoms with E-state index < -0.39 is 0 Å². The second-order valence-corrected chi connectivity index (χ2v) is 5.20. The first-order valence-corrected chi connectivity index (χ1v) is 7.08. The Morgan fingerprint density at radius 3 is 2.40 bits per heavy atom. The number of nitrogens with one attached hydrogen (secondary N) is 1. The van der Waals surface area contributed by atoms with Gasteiger partial charge >= 0.3 is 0 Å². The Morgan fingerprint density at radius 2 is 1.73 bits per heavy atom. The van der Waals surface area contributed by atoms with Crippen LogP contribution in [0.1, 0.15) is 71.6 Å². The van der Waals surface area contributed by atoms with E-state index in [0.29, 0.717) is 0 Å². The summed E-state index contributed by atoms with van der Waals surface area (Å²) in [6.07, 6.45) is 12.8. The first kappa shape index (κ1) is 13.0. The van der Waals surface area contributed by atoms with Crippen molar-refractivity contribution in [1.29, 1.82) is 0 Å². The third-order valence-corrected chi connectivity index (χ3v) is 3.85. The summed E-state index contributed by atoms with van der Waals surface area (Å²) in [5, 5.41) is 3.70. The van der Waals surface area contributed by atoms with E-state index in [1.165, 1.54) is 64.3 Å². The Kier molecular flexibility index (Phi) is 7.08. The number of hydrogen-bond acceptors (Lipinski definition) is 1. The van der Waals surface area contributed by atoms with Crippen LogP contribution in [0.3, 0.4) is 0 Å². The topological polar surface area (TPSA) is 12.0 Å². The van der Waals surface area contributed by atoms with Gasteiger partial charge in [-0.15, -0.1) is 0 Å². The molecule has 0 spiro atoms. The van der Waals surface area contributed by atoms with Crippen LogP contribution in [0.4, 0.5) is 0 Å². The monoisotopic (exact) mass is 211 g/mol. The van der Waals surface area contributed by atoms with Crippen LogP contribution in [-0.2, 0) is 0 Å². The molecular weight excluding hydrogens is 182 g/mol. The molecule has 1 fully saturated rings. The molecule has 1 unspecified atom stereocenters. The van der Waals surface area contributed by atoms with E-state index >= 15 is 0 Å². The molecule has 1 aliphatic carbocycles. The van der Waals surface area contributed by atoms with Crippen LogP contribution in [0.25, 0.3) is 0 Å². The van der Waals surface area contributed by atoms with Gasteiger partial charge in [-0.2, -0.15) is 0 Å². The second-order valence-electron chi connectivity index (χ2n) is 5.20. The lowest BCUT2D eigenvalue weighted by molar-refractivity contribution is 0.377. The lowest BCUT2D eigenvalue weighted by Gasteiger charge is -2.20. The second kappa shape index (κ2) is 8.15. The highest BCUT2D eigenvalue weighted by Gasteiger charge is 2.20. The molecule has 0 aromatic rings. The highest BCUT2D eigenvalue weighted by atomic mass is 14.9. The molecule has 0 radical (unpaired) electrons. The fraction of sp³-hybridized carbons (Fsp3) is 1.00. The average Bonchev–Trinajstić information content (AvgIpc) is 2.76. The van der Waals surface area contributed by atoms with Crippen molar-refractivity contribution in [3.8, 4) is 0 Å². The van der Waals surface area contributed by atoms with Gasteiger partial charge in [-0.1, -0.05) is 45.4 Å². The van der Waals surface area contributed by atoms with Gasteiger partial charge in [0, 0.05) is 6.04 Å². The summed E-state index contributed by atoms with van der Waals surface area (Å²) in [6.45, 7) is 5.89. The van der Waals surface area contributed by atoms with Gasteiger partial charge in [-0.25, -0.2) is 0 Å². The fourth-order valence-electron chi connectivity index (χ4n) is 2.68. The van der Waals surface area contributed by atoms with Gasteiger partial charge in [0.05, 0.1) is 0 Å². The molecule has 15 heavy (non-hydrogen) atoms. The Bertz CT molecular complexity index is 138. The van der Waals surface area contributed by atoms with Crippen molar-refractivity contribution in [1.82, 2.24) is 5.32 Å². The molecular formula is C14H29N. The molecule has 0 aromatic carbocycles. The Morgan fingerprint density at radius 1 is 1.07 bits per heavy atom. The van der Waals surface area contributed by atoms with Gasteiger partial charge in [-0.3, -0.25) is 0 Å². The molecule has 0 saturated heterocycles. The molecule has 1 nitrogen and oxygen atoms in total. The van der Waals surface area contributed by atoms with Crippen molar-refractivity contribution in [2.45, 2.75) is 77.7 Å². The molecule has 0 amide bonds. The van der Waals surface area contributed by atoms with Gasteiger partial charge in [0.1, 0.15) is 0 Å². The van der Waals surface area contributed by atoms with Crippen LogP contribution in [0.2, 0.25) is 0 Å². The molecule has 0 heterocycles. The van der Waals surface area contributed by atoms with Gasteiger partial charge < -0.3 is 5.32 Å². The van der Waals surface area contributed by atoms with Crippen LogP contribution >= 0.6 is 0 Å². The SMILES string of the molecule is CCCCCCCNC(C)C1CCCC1. The molecule has 1 aliphatic rings. The maximum Gasteiger partial charge on any atom is 0.00669 e. The number of unbranched alkanes of at least 4 members (excludes halogenated alkanes) is 4. The van der Waals surface area contributed by atoms with Crippen LogP contribution < -0.4 is 5.32 Å². The normalized spacial score (nSPS) is 19.6. The maximum atomic E-state index is 3.70. The standard InChI is InChI=1S/C14H29N/c1-3-4-5-6-9-12-15-13(2)14-10-7-8-11-14/h13-15H,3-12H2,1-2H3. The average molecular weight is 211 g/mol. The first-order valence-electron chi connectivity index (χ1n) is 7.08. The summed E-state index contributed by atoms with van der Waals surface area (Å²) in [6, 6.07) is 0.763. The molecule has 1 saturated carbocycles. The van der Waals surface area contributed by atoms with E-state index in [4.69, 9.17) is 0 Å². The van der Waals surface area contributed by atoms with Crippen LogP contribution in [0.15, 0.2) is 0 Å². The van der Waals surface area contributed by atoms with Gasteiger partial charge in [0.15, 0.2) is 0 Å². The molecule has 1 heteroatoms. The fourth-order valence-corrected chi connectivity index (χ4v) is 2.68. The zero-order chi connectivity index (χ0) is 10.9. The van der Waals surface area contributed by atoms with E-state index in [2.05, 4.69) is 19.2 Å². The maximum absolute atomic E-state index is 3.70. The van der Waals surface area contributed by atoms with Crippen molar-refractivity contribution in [3.05, 3.63) is 0 Å². The molecule has 0 bridgehead atoms. The van der Waals surface area contributed by atoms with E-state index in [9.17, 15) is 0 Å². The quantitative estimate of drug-likeness (QED) is 0.595. The van der Waals surface area contributed by atoms with Crippen molar-refractivity contribution in [3.63, 3.8) is 0 Å². The van der Waals surface area contributed by atoms with Gasteiger partial charge in [0.25, 0.3) is 0 Å². The highest BCUT2D eigenvalue weighted by Crippen LogP contribution is 2.27. The van der Waals surface area contributed by atoms with Crippen molar-refractivity contribution < 1.29 is 0 Å². The zero-order valence-corrected chi connectivity index (χ0v) is 10.7. The molecule has 0 aromatic heterocycles. The number of hydrogen-bond donors (Lipinski definition) is 1. The van der Waals surface area contributed by atoms with E-state index in [1.54, 1.807) is 0 Å². The lowest BCUT2D eigenvalue weighted by atomic mass is 10.00. The van der Waals surface area contributed by atoms with Crippen molar-refractivity contribution in [2.24, 2.45) is 5.92 Å². The summed E-state index contributed by atoms with van der Waals surface area (Å²) in [5.41, 5.74) is 0. The molecule has 1 N–H and O–H groups in total. The molecule has 1 rings (SSSR count). The van der Waals surface area contributed by atoms with Crippen LogP contribution in [0.5, 0.6) is 0 Å². The van der Waals surface area contributed by atoms with Crippen molar-refractivity contribution in [2.75, 3.05) is 6.54 Å². The minimum atomic E-state index is 0.763. The Balaban J connectivity index is 1.90. The van der Waals surface area contributed by atoms with Crippen LogP contribution in [0, 0.1) is 5.92 Å². The summed E-state index contributed by atoms with van der Waals surface area (Å²) >= 11 is 0. The first-order chi connectivity index (χ1) is 7.34. The largest absolute Gasteiger partial charge is 0.314 e. The molecule has 90 valence electrons. The Hall–Kier alpha value is -0.0400. The highest BCUT2D eigenvalue weighted by molar-refractivity contribution is 4.76. The van der Waals surface area contributed by atoms with E-state index in [0.717, 1.165) is 12.0 Å². The van der Waals surface area contributed by atoms with Gasteiger partial charge in [0.2, 0.25) is 0 Å². The lowest BCUT2D eigenvalue weighted by Crippen LogP contribution is -2.32.